The van der Waals surface area contributed by atoms with Crippen molar-refractivity contribution in [3.8, 4) is 6.01 Å². The lowest BCUT2D eigenvalue weighted by atomic mass is 10.1. The van der Waals surface area contributed by atoms with Gasteiger partial charge in [0.1, 0.15) is 11.5 Å². The van der Waals surface area contributed by atoms with Crippen molar-refractivity contribution in [3.05, 3.63) is 35.3 Å². The maximum atomic E-state index is 15.5. The van der Waals surface area contributed by atoms with Crippen molar-refractivity contribution in [1.82, 2.24) is 29.9 Å². The number of hydrogen-bond donors (Lipinski definition) is 2. The number of anilines is 2. The zero-order valence-corrected chi connectivity index (χ0v) is 17.6. The number of unbranched alkanes of at least 4 members (excludes halogenated alkanes) is 1. The molecular weight excluding hydrogens is 406 g/mol. The average Bonchev–Trinajstić information content (AvgIpc) is 3.20. The van der Waals surface area contributed by atoms with E-state index < -0.39 is 11.6 Å². The molecule has 1 fully saturated rings. The maximum Gasteiger partial charge on any atom is 0.336 e. The molecule has 31 heavy (non-hydrogen) atoms. The van der Waals surface area contributed by atoms with E-state index in [1.54, 1.807) is 6.92 Å². The van der Waals surface area contributed by atoms with E-state index in [1.165, 1.54) is 12.3 Å². The first-order valence-electron chi connectivity index (χ1n) is 10.4. The number of halogens is 2. The smallest absolute Gasteiger partial charge is 0.336 e. The third kappa shape index (κ3) is 4.09. The van der Waals surface area contributed by atoms with Crippen LogP contribution in [0.3, 0.4) is 0 Å². The number of piperazine rings is 1. The van der Waals surface area contributed by atoms with E-state index in [9.17, 15) is 0 Å². The fourth-order valence-corrected chi connectivity index (χ4v) is 3.56. The number of nitrogen functional groups attached to an aromatic ring is 1. The normalized spacial score (nSPS) is 14.9. The predicted octanol–water partition coefficient (Wildman–Crippen LogP) is 2.14. The molecule has 0 aromatic carbocycles. The Labute approximate surface area is 178 Å². The molecule has 0 bridgehead atoms. The number of ether oxygens (including phenoxy) is 1. The van der Waals surface area contributed by atoms with Crippen molar-refractivity contribution in [2.75, 3.05) is 43.4 Å². The molecule has 166 valence electrons. The fourth-order valence-electron chi connectivity index (χ4n) is 3.56. The first kappa shape index (κ1) is 21.2. The highest BCUT2D eigenvalue weighted by atomic mass is 19.3. The summed E-state index contributed by atoms with van der Waals surface area (Å²) in [5.41, 5.74) is 5.98. The second-order valence-electron chi connectivity index (χ2n) is 7.54. The van der Waals surface area contributed by atoms with Crippen LogP contribution in [0, 0.1) is 6.92 Å². The minimum atomic E-state index is -3.39. The molecule has 1 aliphatic heterocycles. The highest BCUT2D eigenvalue weighted by Crippen LogP contribution is 2.37. The lowest BCUT2D eigenvalue weighted by Gasteiger charge is -2.30. The molecule has 1 aliphatic rings. The van der Waals surface area contributed by atoms with Crippen LogP contribution < -0.4 is 20.7 Å². The van der Waals surface area contributed by atoms with Crippen molar-refractivity contribution in [2.24, 2.45) is 0 Å². The standard InChI is InChI=1S/C20H26F2N8O/c1-3-4-9-31-19-27-16(23)18-26-12-15(30(18)28-19)20(21,22)14-10-13(2)17(25-11-14)29-7-5-24-6-8-29/h10-12,24H,3-9H2,1-2H3,(H2,23,27,28). The number of nitrogens with two attached hydrogens (primary N) is 1. The molecular formula is C20H26F2N8O. The van der Waals surface area contributed by atoms with Gasteiger partial charge in [0.15, 0.2) is 11.5 Å². The number of aromatic nitrogens is 5. The van der Waals surface area contributed by atoms with E-state index in [-0.39, 0.29) is 23.0 Å². The molecule has 4 heterocycles. The Kier molecular flexibility index (Phi) is 5.86. The Hall–Kier alpha value is -3.08. The van der Waals surface area contributed by atoms with Gasteiger partial charge in [-0.2, -0.15) is 13.8 Å². The van der Waals surface area contributed by atoms with Crippen LogP contribution in [-0.4, -0.2) is 57.4 Å². The minimum absolute atomic E-state index is 0.0214. The van der Waals surface area contributed by atoms with Gasteiger partial charge in [-0.25, -0.2) is 14.5 Å². The third-order valence-electron chi connectivity index (χ3n) is 5.25. The zero-order chi connectivity index (χ0) is 22.0. The summed E-state index contributed by atoms with van der Waals surface area (Å²) in [6.45, 7) is 7.42. The molecule has 3 N–H and O–H groups in total. The number of nitrogens with zero attached hydrogens (tertiary/aromatic N) is 6. The third-order valence-corrected chi connectivity index (χ3v) is 5.25. The summed E-state index contributed by atoms with van der Waals surface area (Å²) in [6, 6.07) is 1.41. The molecule has 0 aliphatic carbocycles. The number of hydrogen-bond acceptors (Lipinski definition) is 8. The van der Waals surface area contributed by atoms with Gasteiger partial charge in [-0.05, 0) is 25.0 Å². The van der Waals surface area contributed by atoms with Crippen LogP contribution in [0.15, 0.2) is 18.5 Å². The number of aryl methyl sites for hydroxylation is 1. The van der Waals surface area contributed by atoms with E-state index in [4.69, 9.17) is 10.5 Å². The van der Waals surface area contributed by atoms with Gasteiger partial charge in [0.05, 0.1) is 12.8 Å². The highest BCUT2D eigenvalue weighted by Gasteiger charge is 2.39. The first-order valence-corrected chi connectivity index (χ1v) is 10.4. The SMILES string of the molecule is CCCCOc1nc(N)c2ncc(C(F)(F)c3cnc(N4CCNCC4)c(C)c3)n2n1. The molecule has 0 spiro atoms. The lowest BCUT2D eigenvalue weighted by molar-refractivity contribution is 0.0354. The van der Waals surface area contributed by atoms with Crippen LogP contribution in [0.5, 0.6) is 6.01 Å². The molecule has 9 nitrogen and oxygen atoms in total. The van der Waals surface area contributed by atoms with E-state index in [2.05, 4.69) is 30.3 Å². The van der Waals surface area contributed by atoms with E-state index in [1.807, 2.05) is 6.92 Å². The number of fused-ring (bicyclic) bond motifs is 1. The van der Waals surface area contributed by atoms with Crippen molar-refractivity contribution in [2.45, 2.75) is 32.6 Å². The fraction of sp³-hybridized carbons (Fsp3) is 0.500. The second kappa shape index (κ2) is 8.58. The van der Waals surface area contributed by atoms with Crippen molar-refractivity contribution >= 4 is 17.3 Å². The van der Waals surface area contributed by atoms with Gasteiger partial charge >= 0.3 is 11.9 Å². The van der Waals surface area contributed by atoms with Crippen molar-refractivity contribution in [3.63, 3.8) is 0 Å². The zero-order valence-electron chi connectivity index (χ0n) is 17.6. The minimum Gasteiger partial charge on any atom is -0.462 e. The van der Waals surface area contributed by atoms with Crippen LogP contribution >= 0.6 is 0 Å². The van der Waals surface area contributed by atoms with Crippen LogP contribution in [-0.2, 0) is 5.92 Å². The van der Waals surface area contributed by atoms with Crippen molar-refractivity contribution in [1.29, 1.82) is 0 Å². The predicted molar refractivity (Wildman–Crippen MR) is 113 cm³/mol. The number of imidazole rings is 1. The Morgan fingerprint density at radius 1 is 1.23 bits per heavy atom. The summed E-state index contributed by atoms with van der Waals surface area (Å²) < 4.78 is 37.5. The molecule has 3 aromatic heterocycles. The molecule has 0 saturated carbocycles. The largest absolute Gasteiger partial charge is 0.462 e. The van der Waals surface area contributed by atoms with Gasteiger partial charge in [-0.1, -0.05) is 13.3 Å². The van der Waals surface area contributed by atoms with Crippen LogP contribution in [0.25, 0.3) is 5.65 Å². The number of alkyl halides is 2. The van der Waals surface area contributed by atoms with Gasteiger partial charge in [-0.3, -0.25) is 0 Å². The Morgan fingerprint density at radius 3 is 2.71 bits per heavy atom. The summed E-state index contributed by atoms with van der Waals surface area (Å²) >= 11 is 0. The molecule has 0 atom stereocenters. The number of rotatable bonds is 7. The quantitative estimate of drug-likeness (QED) is 0.547. The molecule has 4 rings (SSSR count). The summed E-state index contributed by atoms with van der Waals surface area (Å²) in [4.78, 5) is 14.5. The average molecular weight is 432 g/mol. The Balaban J connectivity index is 1.68. The van der Waals surface area contributed by atoms with E-state index in [0.29, 0.717) is 12.2 Å². The summed E-state index contributed by atoms with van der Waals surface area (Å²) in [5, 5.41) is 7.37. The van der Waals surface area contributed by atoms with Gasteiger partial charge in [0, 0.05) is 37.9 Å². The van der Waals surface area contributed by atoms with Gasteiger partial charge in [0.2, 0.25) is 0 Å². The molecule has 1 saturated heterocycles. The molecule has 0 radical (unpaired) electrons. The van der Waals surface area contributed by atoms with Crippen LogP contribution in [0.4, 0.5) is 20.4 Å². The number of pyridine rings is 1. The molecule has 11 heteroatoms. The highest BCUT2D eigenvalue weighted by molar-refractivity contribution is 5.60. The molecule has 0 unspecified atom stereocenters. The second-order valence-corrected chi connectivity index (χ2v) is 7.54. The first-order chi connectivity index (χ1) is 14.9. The monoisotopic (exact) mass is 432 g/mol. The van der Waals surface area contributed by atoms with Gasteiger partial charge in [-0.15, -0.1) is 5.10 Å². The van der Waals surface area contributed by atoms with Crippen LogP contribution in [0.2, 0.25) is 0 Å². The number of nitrogens with one attached hydrogen (secondary N) is 1. The summed E-state index contributed by atoms with van der Waals surface area (Å²) in [5.74, 6) is -2.69. The van der Waals surface area contributed by atoms with Crippen LogP contribution in [0.1, 0.15) is 36.6 Å². The van der Waals surface area contributed by atoms with E-state index in [0.717, 1.165) is 55.6 Å². The summed E-state index contributed by atoms with van der Waals surface area (Å²) in [6.07, 6.45) is 3.99. The van der Waals surface area contributed by atoms with Gasteiger partial charge < -0.3 is 20.7 Å². The van der Waals surface area contributed by atoms with Crippen molar-refractivity contribution < 1.29 is 13.5 Å². The van der Waals surface area contributed by atoms with Gasteiger partial charge in [0.25, 0.3) is 0 Å². The summed E-state index contributed by atoms with van der Waals surface area (Å²) in [7, 11) is 0. The Morgan fingerprint density at radius 2 is 2.00 bits per heavy atom. The van der Waals surface area contributed by atoms with E-state index >= 15 is 8.78 Å². The molecule has 3 aromatic rings. The Bertz CT molecular complexity index is 1060. The molecule has 0 amide bonds. The topological polar surface area (TPSA) is 106 Å². The lowest BCUT2D eigenvalue weighted by Crippen LogP contribution is -2.44. The maximum absolute atomic E-state index is 15.5.